The van der Waals surface area contributed by atoms with Crippen molar-refractivity contribution in [1.29, 1.82) is 0 Å². The molecule has 0 aliphatic carbocycles. The molecule has 0 aliphatic rings. The summed E-state index contributed by atoms with van der Waals surface area (Å²) in [5.41, 5.74) is 0. The van der Waals surface area contributed by atoms with Crippen molar-refractivity contribution in [2.24, 2.45) is 0 Å². The Bertz CT molecular complexity index is 384. The van der Waals surface area contributed by atoms with E-state index >= 15 is 0 Å². The maximum atomic E-state index is 7.01. The maximum Gasteiger partial charge on any atom is 0.347 e. The third-order valence-electron chi connectivity index (χ3n) is 4.35. The van der Waals surface area contributed by atoms with Gasteiger partial charge in [0.2, 0.25) is 0 Å². The maximum absolute atomic E-state index is 7.01. The number of halogens is 1. The standard InChI is InChI=1S/C20H35ClOSi/c1-3-5-7-9-10-15-19-23(21,18-14-8-6-4-2)22-20-16-12-11-13-17-20/h11-13,16-17H,3-10,14-15,18-19H2,1-2H3. The SMILES string of the molecule is CCCCCCCC[Si](Cl)(CCCCCC)Oc1ccccc1. The van der Waals surface area contributed by atoms with Gasteiger partial charge in [-0.3, -0.25) is 0 Å². The molecular formula is C20H35ClOSi. The van der Waals surface area contributed by atoms with Gasteiger partial charge in [0.25, 0.3) is 0 Å². The van der Waals surface area contributed by atoms with E-state index in [1.807, 2.05) is 30.3 Å². The van der Waals surface area contributed by atoms with Gasteiger partial charge < -0.3 is 4.43 Å². The Labute approximate surface area is 149 Å². The number of hydrogen-bond donors (Lipinski definition) is 0. The molecule has 0 fully saturated rings. The molecule has 3 heteroatoms. The Morgan fingerprint density at radius 2 is 1.22 bits per heavy atom. The highest BCUT2D eigenvalue weighted by molar-refractivity contribution is 7.17. The molecule has 1 atom stereocenters. The fourth-order valence-corrected chi connectivity index (χ4v) is 6.55. The summed E-state index contributed by atoms with van der Waals surface area (Å²) in [6.45, 7) is 4.52. The summed E-state index contributed by atoms with van der Waals surface area (Å²) in [4.78, 5) is 0. The van der Waals surface area contributed by atoms with Gasteiger partial charge in [-0.15, -0.1) is 11.1 Å². The van der Waals surface area contributed by atoms with Gasteiger partial charge in [0, 0.05) is 0 Å². The Balaban J connectivity index is 2.43. The summed E-state index contributed by atoms with van der Waals surface area (Å²) < 4.78 is 6.31. The highest BCUT2D eigenvalue weighted by Crippen LogP contribution is 2.30. The van der Waals surface area contributed by atoms with Crippen LogP contribution in [0.1, 0.15) is 78.1 Å². The lowest BCUT2D eigenvalue weighted by Gasteiger charge is -2.26. The van der Waals surface area contributed by atoms with E-state index in [2.05, 4.69) is 13.8 Å². The monoisotopic (exact) mass is 354 g/mol. The van der Waals surface area contributed by atoms with Gasteiger partial charge >= 0.3 is 7.63 Å². The smallest absolute Gasteiger partial charge is 0.347 e. The van der Waals surface area contributed by atoms with Gasteiger partial charge in [-0.1, -0.05) is 96.3 Å². The van der Waals surface area contributed by atoms with Gasteiger partial charge in [-0.2, -0.15) is 0 Å². The minimum absolute atomic E-state index is 0.954. The van der Waals surface area contributed by atoms with E-state index in [9.17, 15) is 0 Å². The Hall–Kier alpha value is -0.473. The van der Waals surface area contributed by atoms with Gasteiger partial charge in [0.15, 0.2) is 0 Å². The fourth-order valence-electron chi connectivity index (χ4n) is 2.91. The van der Waals surface area contributed by atoms with Crippen LogP contribution < -0.4 is 4.43 Å². The van der Waals surface area contributed by atoms with E-state index in [4.69, 9.17) is 15.5 Å². The van der Waals surface area contributed by atoms with Gasteiger partial charge in [-0.25, -0.2) is 0 Å². The largest absolute Gasteiger partial charge is 0.529 e. The minimum Gasteiger partial charge on any atom is -0.529 e. The number of benzene rings is 1. The van der Waals surface area contributed by atoms with E-state index < -0.39 is 7.63 Å². The molecule has 1 unspecified atom stereocenters. The zero-order valence-electron chi connectivity index (χ0n) is 15.2. The van der Waals surface area contributed by atoms with Crippen molar-refractivity contribution in [3.05, 3.63) is 30.3 Å². The Morgan fingerprint density at radius 1 is 0.739 bits per heavy atom. The van der Waals surface area contributed by atoms with Crippen molar-refractivity contribution < 1.29 is 4.43 Å². The normalized spacial score (nSPS) is 13.7. The molecule has 0 heterocycles. The lowest BCUT2D eigenvalue weighted by Crippen LogP contribution is -2.35. The molecular weight excluding hydrogens is 320 g/mol. The van der Waals surface area contributed by atoms with Crippen LogP contribution >= 0.6 is 11.1 Å². The number of unbranched alkanes of at least 4 members (excludes halogenated alkanes) is 8. The molecule has 0 saturated heterocycles. The molecule has 0 amide bonds. The third kappa shape index (κ3) is 10.1. The van der Waals surface area contributed by atoms with Crippen molar-refractivity contribution in [3.8, 4) is 5.75 Å². The van der Waals surface area contributed by atoms with Crippen LogP contribution in [-0.4, -0.2) is 7.63 Å². The summed E-state index contributed by atoms with van der Waals surface area (Å²) in [6, 6.07) is 12.3. The predicted octanol–water partition coefficient (Wildman–Crippen LogP) is 7.69. The van der Waals surface area contributed by atoms with Crippen LogP contribution in [-0.2, 0) is 0 Å². The third-order valence-corrected chi connectivity index (χ3v) is 8.52. The summed E-state index contributed by atoms with van der Waals surface area (Å²) in [7, 11) is -2.14. The quantitative estimate of drug-likeness (QED) is 0.189. The predicted molar refractivity (Wildman–Crippen MR) is 106 cm³/mol. The Kier molecular flexibility index (Phi) is 11.5. The van der Waals surface area contributed by atoms with Crippen molar-refractivity contribution in [2.75, 3.05) is 0 Å². The van der Waals surface area contributed by atoms with E-state index in [0.29, 0.717) is 0 Å². The first-order valence-corrected chi connectivity index (χ1v) is 13.0. The topological polar surface area (TPSA) is 9.23 Å². The average molecular weight is 355 g/mol. The van der Waals surface area contributed by atoms with Gasteiger partial charge in [0.1, 0.15) is 5.75 Å². The van der Waals surface area contributed by atoms with Crippen LogP contribution in [0.4, 0.5) is 0 Å². The zero-order valence-corrected chi connectivity index (χ0v) is 16.9. The van der Waals surface area contributed by atoms with Crippen LogP contribution in [0.25, 0.3) is 0 Å². The molecule has 0 saturated carbocycles. The molecule has 23 heavy (non-hydrogen) atoms. The van der Waals surface area contributed by atoms with Crippen molar-refractivity contribution in [1.82, 2.24) is 0 Å². The molecule has 0 bridgehead atoms. The van der Waals surface area contributed by atoms with Crippen LogP contribution in [0.5, 0.6) is 5.75 Å². The average Bonchev–Trinajstić information content (AvgIpc) is 2.56. The fraction of sp³-hybridized carbons (Fsp3) is 0.700. The van der Waals surface area contributed by atoms with Crippen LogP contribution in [0.2, 0.25) is 12.1 Å². The second kappa shape index (κ2) is 12.9. The van der Waals surface area contributed by atoms with E-state index in [1.54, 1.807) is 0 Å². The van der Waals surface area contributed by atoms with E-state index in [0.717, 1.165) is 17.8 Å². The lowest BCUT2D eigenvalue weighted by molar-refractivity contribution is 0.533. The number of hydrogen-bond acceptors (Lipinski definition) is 1. The van der Waals surface area contributed by atoms with Crippen LogP contribution in [0.15, 0.2) is 30.3 Å². The summed E-state index contributed by atoms with van der Waals surface area (Å²) in [5, 5.41) is 0. The van der Waals surface area contributed by atoms with Gasteiger partial charge in [-0.05, 0) is 24.2 Å². The highest BCUT2D eigenvalue weighted by atomic mass is 35.6. The van der Waals surface area contributed by atoms with E-state index in [-0.39, 0.29) is 0 Å². The molecule has 0 aromatic heterocycles. The van der Waals surface area contributed by atoms with Gasteiger partial charge in [0.05, 0.1) is 0 Å². The Morgan fingerprint density at radius 3 is 1.78 bits per heavy atom. The number of rotatable bonds is 14. The first-order chi connectivity index (χ1) is 11.2. The molecule has 1 nitrogen and oxygen atoms in total. The zero-order chi connectivity index (χ0) is 16.8. The minimum atomic E-state index is -2.14. The molecule has 1 aromatic carbocycles. The van der Waals surface area contributed by atoms with Crippen molar-refractivity contribution in [2.45, 2.75) is 90.1 Å². The highest BCUT2D eigenvalue weighted by Gasteiger charge is 2.33. The summed E-state index contributed by atoms with van der Waals surface area (Å²) >= 11 is 7.01. The molecule has 0 aliphatic heterocycles. The first-order valence-electron chi connectivity index (χ1n) is 9.63. The van der Waals surface area contributed by atoms with Crippen molar-refractivity contribution in [3.63, 3.8) is 0 Å². The second-order valence-corrected chi connectivity index (χ2v) is 11.7. The molecule has 0 radical (unpaired) electrons. The summed E-state index contributed by atoms with van der Waals surface area (Å²) in [5.74, 6) is 0.954. The van der Waals surface area contributed by atoms with Crippen LogP contribution in [0.3, 0.4) is 0 Å². The van der Waals surface area contributed by atoms with Crippen LogP contribution in [0, 0.1) is 0 Å². The number of para-hydroxylation sites is 1. The molecule has 132 valence electrons. The second-order valence-electron chi connectivity index (χ2n) is 6.63. The van der Waals surface area contributed by atoms with E-state index in [1.165, 1.54) is 64.2 Å². The molecule has 0 spiro atoms. The first kappa shape index (κ1) is 20.6. The molecule has 1 rings (SSSR count). The molecule has 1 aromatic rings. The van der Waals surface area contributed by atoms with Crippen molar-refractivity contribution >= 4 is 18.7 Å². The lowest BCUT2D eigenvalue weighted by atomic mass is 10.1. The summed E-state index contributed by atoms with van der Waals surface area (Å²) in [6.07, 6.45) is 13.0. The molecule has 0 N–H and O–H groups in total.